The molecule has 0 radical (unpaired) electrons. The molecule has 0 atom stereocenters. The molecule has 29 heavy (non-hydrogen) atoms. The third kappa shape index (κ3) is 4.10. The van der Waals surface area contributed by atoms with E-state index in [0.717, 1.165) is 11.3 Å². The molecule has 1 heterocycles. The van der Waals surface area contributed by atoms with Gasteiger partial charge in [0.25, 0.3) is 0 Å². The molecule has 0 saturated carbocycles. The van der Waals surface area contributed by atoms with Gasteiger partial charge < -0.3 is 14.2 Å². The van der Waals surface area contributed by atoms with Crippen molar-refractivity contribution in [1.82, 2.24) is 0 Å². The Labute approximate surface area is 172 Å². The normalized spacial score (nSPS) is 13.9. The molecule has 0 aliphatic carbocycles. The van der Waals surface area contributed by atoms with Crippen LogP contribution < -0.4 is 14.2 Å². The number of Topliss-reactive ketones (excluding diaryl/α,β-unsaturated/α-hetero) is 1. The number of ether oxygens (including phenoxy) is 3. The van der Waals surface area contributed by atoms with Gasteiger partial charge in [-0.1, -0.05) is 29.8 Å². The maximum Gasteiger partial charge on any atom is 0.231 e. The number of methoxy groups -OCH3 is 1. The fraction of sp³-hybridized carbons (Fsp3) is 0.0870. The molecule has 4 nitrogen and oxygen atoms in total. The van der Waals surface area contributed by atoms with Crippen LogP contribution in [0.2, 0.25) is 5.02 Å². The van der Waals surface area contributed by atoms with E-state index < -0.39 is 5.82 Å². The highest BCUT2D eigenvalue weighted by atomic mass is 35.5. The molecule has 0 saturated heterocycles. The second kappa shape index (κ2) is 7.97. The Balaban J connectivity index is 1.50. The van der Waals surface area contributed by atoms with E-state index in [4.69, 9.17) is 25.8 Å². The van der Waals surface area contributed by atoms with Gasteiger partial charge in [-0.15, -0.1) is 0 Å². The number of ketones is 1. The van der Waals surface area contributed by atoms with Gasteiger partial charge in [-0.25, -0.2) is 4.39 Å². The summed E-state index contributed by atoms with van der Waals surface area (Å²) in [6.07, 6.45) is 1.68. The quantitative estimate of drug-likeness (QED) is 0.507. The number of benzene rings is 3. The van der Waals surface area contributed by atoms with Crippen LogP contribution in [0.25, 0.3) is 6.08 Å². The van der Waals surface area contributed by atoms with Gasteiger partial charge in [0, 0.05) is 11.6 Å². The number of rotatable bonds is 5. The fourth-order valence-corrected chi connectivity index (χ4v) is 3.13. The molecule has 0 unspecified atom stereocenters. The average molecular weight is 411 g/mol. The van der Waals surface area contributed by atoms with Crippen molar-refractivity contribution in [2.75, 3.05) is 7.11 Å². The summed E-state index contributed by atoms with van der Waals surface area (Å²) in [4.78, 5) is 12.6. The number of allylic oxidation sites excluding steroid dienone is 1. The van der Waals surface area contributed by atoms with E-state index in [9.17, 15) is 9.18 Å². The minimum absolute atomic E-state index is 0.167. The van der Waals surface area contributed by atoms with Crippen molar-refractivity contribution >= 4 is 23.5 Å². The molecule has 3 aromatic carbocycles. The van der Waals surface area contributed by atoms with E-state index in [2.05, 4.69) is 0 Å². The van der Waals surface area contributed by atoms with Gasteiger partial charge in [0.1, 0.15) is 29.7 Å². The standard InChI is InChI=1S/C23H16ClFO4/c1-27-17-6-2-14(3-7-17)10-22-23(26)19-9-8-18(12-21(19)29-22)28-13-15-4-5-16(25)11-20(15)24/h2-12H,13H2,1H3. The molecular weight excluding hydrogens is 395 g/mol. The van der Waals surface area contributed by atoms with E-state index in [1.165, 1.54) is 12.1 Å². The Bertz CT molecular complexity index is 1110. The second-order valence-electron chi connectivity index (χ2n) is 6.40. The van der Waals surface area contributed by atoms with Crippen LogP contribution in [0.5, 0.6) is 17.2 Å². The molecule has 146 valence electrons. The Morgan fingerprint density at radius 2 is 1.79 bits per heavy atom. The van der Waals surface area contributed by atoms with E-state index in [1.807, 2.05) is 24.3 Å². The summed E-state index contributed by atoms with van der Waals surface area (Å²) in [5.74, 6) is 1.32. The van der Waals surface area contributed by atoms with Gasteiger partial charge >= 0.3 is 0 Å². The minimum atomic E-state index is -0.403. The molecule has 3 aromatic rings. The summed E-state index contributed by atoms with van der Waals surface area (Å²) in [6, 6.07) is 16.4. The summed E-state index contributed by atoms with van der Waals surface area (Å²) < 4.78 is 29.7. The van der Waals surface area contributed by atoms with Gasteiger partial charge in [0.15, 0.2) is 5.76 Å². The van der Waals surface area contributed by atoms with Crippen molar-refractivity contribution in [3.63, 3.8) is 0 Å². The number of fused-ring (bicyclic) bond motifs is 1. The van der Waals surface area contributed by atoms with E-state index >= 15 is 0 Å². The van der Waals surface area contributed by atoms with E-state index in [0.29, 0.717) is 27.6 Å². The summed E-state index contributed by atoms with van der Waals surface area (Å²) in [7, 11) is 1.59. The predicted octanol–water partition coefficient (Wildman–Crippen LogP) is 5.68. The smallest absolute Gasteiger partial charge is 0.231 e. The molecule has 0 amide bonds. The monoisotopic (exact) mass is 410 g/mol. The Morgan fingerprint density at radius 1 is 1.03 bits per heavy atom. The lowest BCUT2D eigenvalue weighted by Gasteiger charge is -2.08. The first-order valence-corrected chi connectivity index (χ1v) is 9.20. The third-order valence-electron chi connectivity index (χ3n) is 4.46. The molecule has 6 heteroatoms. The lowest BCUT2D eigenvalue weighted by Crippen LogP contribution is -1.98. The lowest BCUT2D eigenvalue weighted by atomic mass is 10.1. The van der Waals surface area contributed by atoms with Gasteiger partial charge in [0.2, 0.25) is 5.78 Å². The molecule has 0 aromatic heterocycles. The van der Waals surface area contributed by atoms with Crippen LogP contribution >= 0.6 is 11.6 Å². The number of carbonyl (C=O) groups excluding carboxylic acids is 1. The Morgan fingerprint density at radius 3 is 2.52 bits per heavy atom. The summed E-state index contributed by atoms with van der Waals surface area (Å²) in [6.45, 7) is 0.167. The molecule has 4 rings (SSSR count). The van der Waals surface area contributed by atoms with Crippen molar-refractivity contribution in [3.05, 3.63) is 94.0 Å². The Kier molecular flexibility index (Phi) is 5.23. The zero-order valence-electron chi connectivity index (χ0n) is 15.4. The topological polar surface area (TPSA) is 44.8 Å². The fourth-order valence-electron chi connectivity index (χ4n) is 2.91. The molecule has 0 bridgehead atoms. The van der Waals surface area contributed by atoms with Crippen LogP contribution in [-0.4, -0.2) is 12.9 Å². The first kappa shape index (κ1) is 19.0. The highest BCUT2D eigenvalue weighted by molar-refractivity contribution is 6.31. The maximum absolute atomic E-state index is 13.1. The summed E-state index contributed by atoms with van der Waals surface area (Å²) in [5, 5.41) is 0.294. The molecule has 1 aliphatic heterocycles. The number of hydrogen-bond acceptors (Lipinski definition) is 4. The SMILES string of the molecule is COc1ccc(C=C2Oc3cc(OCc4ccc(F)cc4Cl)ccc3C2=O)cc1. The summed E-state index contributed by atoms with van der Waals surface area (Å²) in [5.41, 5.74) is 1.95. The molecule has 0 N–H and O–H groups in total. The first-order chi connectivity index (χ1) is 14.0. The van der Waals surface area contributed by atoms with E-state index in [-0.39, 0.29) is 18.1 Å². The predicted molar refractivity (Wildman–Crippen MR) is 108 cm³/mol. The van der Waals surface area contributed by atoms with Crippen LogP contribution in [0, 0.1) is 5.82 Å². The van der Waals surface area contributed by atoms with Gasteiger partial charge in [0.05, 0.1) is 17.7 Å². The molecule has 1 aliphatic rings. The summed E-state index contributed by atoms with van der Waals surface area (Å²) >= 11 is 6.02. The highest BCUT2D eigenvalue weighted by Crippen LogP contribution is 2.35. The number of hydrogen-bond donors (Lipinski definition) is 0. The second-order valence-corrected chi connectivity index (χ2v) is 6.80. The van der Waals surface area contributed by atoms with Gasteiger partial charge in [-0.05, 0) is 48.0 Å². The van der Waals surface area contributed by atoms with Crippen LogP contribution in [0.15, 0.2) is 66.4 Å². The molecular formula is C23H16ClFO4. The van der Waals surface area contributed by atoms with Crippen LogP contribution in [0.4, 0.5) is 4.39 Å². The minimum Gasteiger partial charge on any atom is -0.497 e. The Hall–Kier alpha value is -3.31. The number of halogens is 2. The van der Waals surface area contributed by atoms with Crippen LogP contribution in [0.3, 0.4) is 0 Å². The van der Waals surface area contributed by atoms with Crippen LogP contribution in [-0.2, 0) is 6.61 Å². The van der Waals surface area contributed by atoms with Gasteiger partial charge in [-0.2, -0.15) is 0 Å². The first-order valence-electron chi connectivity index (χ1n) is 8.82. The van der Waals surface area contributed by atoms with Crippen molar-refractivity contribution in [1.29, 1.82) is 0 Å². The maximum atomic E-state index is 13.1. The molecule has 0 fully saturated rings. The van der Waals surface area contributed by atoms with Crippen molar-refractivity contribution in [2.45, 2.75) is 6.61 Å². The lowest BCUT2D eigenvalue weighted by molar-refractivity contribution is 0.101. The number of carbonyl (C=O) groups is 1. The van der Waals surface area contributed by atoms with Gasteiger partial charge in [-0.3, -0.25) is 4.79 Å². The third-order valence-corrected chi connectivity index (χ3v) is 4.82. The zero-order chi connectivity index (χ0) is 20.4. The van der Waals surface area contributed by atoms with Crippen molar-refractivity contribution < 1.29 is 23.4 Å². The van der Waals surface area contributed by atoms with E-state index in [1.54, 1.807) is 37.5 Å². The van der Waals surface area contributed by atoms with Crippen LogP contribution in [0.1, 0.15) is 21.5 Å². The van der Waals surface area contributed by atoms with Crippen molar-refractivity contribution in [3.8, 4) is 17.2 Å². The highest BCUT2D eigenvalue weighted by Gasteiger charge is 2.27. The van der Waals surface area contributed by atoms with Crippen molar-refractivity contribution in [2.24, 2.45) is 0 Å². The largest absolute Gasteiger partial charge is 0.497 e. The zero-order valence-corrected chi connectivity index (χ0v) is 16.2. The molecule has 0 spiro atoms. The average Bonchev–Trinajstić information content (AvgIpc) is 3.03.